The lowest BCUT2D eigenvalue weighted by molar-refractivity contribution is 0.583. The van der Waals surface area contributed by atoms with Gasteiger partial charge in [-0.2, -0.15) is 18.4 Å². The maximum atomic E-state index is 12.0. The van der Waals surface area contributed by atoms with Crippen LogP contribution in [0.25, 0.3) is 10.8 Å². The number of aryl methyl sites for hydroxylation is 1. The van der Waals surface area contributed by atoms with E-state index in [0.29, 0.717) is 5.36 Å². The van der Waals surface area contributed by atoms with Crippen molar-refractivity contribution in [3.8, 4) is 0 Å². The average molecular weight is 272 g/mol. The summed E-state index contributed by atoms with van der Waals surface area (Å²) in [6, 6.07) is 14.3. The predicted molar refractivity (Wildman–Crippen MR) is 73.4 cm³/mol. The number of nitrogens with zero attached hydrogens (tertiary/aromatic N) is 1. The van der Waals surface area contributed by atoms with Crippen molar-refractivity contribution >= 4 is 20.8 Å². The Hall–Kier alpha value is -2.14. The van der Waals surface area contributed by atoms with E-state index in [0.717, 1.165) is 16.3 Å². The van der Waals surface area contributed by atoms with E-state index in [1.54, 1.807) is 24.3 Å². The molecule has 0 radical (unpaired) electrons. The minimum atomic E-state index is -3.59. The molecule has 0 heterocycles. The molecule has 0 aliphatic rings. The molecule has 4 nitrogen and oxygen atoms in total. The van der Waals surface area contributed by atoms with Gasteiger partial charge in [-0.25, -0.2) is 0 Å². The van der Waals surface area contributed by atoms with Crippen LogP contribution in [0.3, 0.4) is 0 Å². The molecule has 1 N–H and O–H groups in total. The number of rotatable bonds is 3. The van der Waals surface area contributed by atoms with Crippen LogP contribution >= 0.6 is 0 Å². The van der Waals surface area contributed by atoms with Gasteiger partial charge in [-0.1, -0.05) is 42.0 Å². The summed E-state index contributed by atoms with van der Waals surface area (Å²) >= 11 is 0. The number of fused-ring (bicyclic) bond motifs is 1. The maximum Gasteiger partial charge on any atom is 0.276 e. The van der Waals surface area contributed by atoms with Crippen LogP contribution in [-0.4, -0.2) is 8.42 Å². The number of nitrogens with one attached hydrogen (secondary N) is 1. The van der Waals surface area contributed by atoms with E-state index >= 15 is 0 Å². The average Bonchev–Trinajstić information content (AvgIpc) is 3.10. The van der Waals surface area contributed by atoms with Crippen LogP contribution in [0.4, 0.5) is 0 Å². The lowest BCUT2D eigenvalue weighted by Crippen LogP contribution is -2.19. The van der Waals surface area contributed by atoms with Crippen molar-refractivity contribution in [3.05, 3.63) is 59.5 Å². The van der Waals surface area contributed by atoms with Gasteiger partial charge in [0.1, 0.15) is 0 Å². The first-order valence-corrected chi connectivity index (χ1v) is 7.32. The zero-order valence-corrected chi connectivity index (χ0v) is 11.1. The molecule has 0 bridgehead atoms. The summed E-state index contributed by atoms with van der Waals surface area (Å²) < 4.78 is 24.0. The first-order valence-electron chi connectivity index (χ1n) is 5.84. The summed E-state index contributed by atoms with van der Waals surface area (Å²) in [4.78, 5) is 2.48. The van der Waals surface area contributed by atoms with Crippen LogP contribution in [0.1, 0.15) is 5.56 Å². The van der Waals surface area contributed by atoms with Gasteiger partial charge >= 0.3 is 0 Å². The van der Waals surface area contributed by atoms with Gasteiger partial charge in [-0.05, 0) is 19.1 Å². The molecule has 0 amide bonds. The van der Waals surface area contributed by atoms with Gasteiger partial charge in [-0.15, -0.1) is 0 Å². The van der Waals surface area contributed by atoms with Crippen molar-refractivity contribution < 1.29 is 8.42 Å². The molecule has 19 heavy (non-hydrogen) atoms. The number of hydrogen-bond acceptors (Lipinski definition) is 3. The zero-order valence-electron chi connectivity index (χ0n) is 10.3. The van der Waals surface area contributed by atoms with E-state index in [2.05, 4.69) is 9.93 Å². The fourth-order valence-corrected chi connectivity index (χ4v) is 2.65. The molecule has 3 aromatic rings. The third kappa shape index (κ3) is 2.24. The number of hydrogen-bond donors (Lipinski definition) is 1. The summed E-state index contributed by atoms with van der Waals surface area (Å²) in [5.74, 6) is 0. The molecule has 5 heteroatoms. The second-order valence-electron chi connectivity index (χ2n) is 4.41. The van der Waals surface area contributed by atoms with Crippen LogP contribution < -0.4 is 10.2 Å². The summed E-state index contributed by atoms with van der Waals surface area (Å²) in [6.45, 7) is 1.91. The highest BCUT2D eigenvalue weighted by Crippen LogP contribution is 2.13. The standard InChI is InChI=1S/C14H12N2O2S/c1-10-6-8-11(9-7-10)19(17,18)16-15-14-12-4-2-3-5-13(12)14/h2-9,16H,1H3. The van der Waals surface area contributed by atoms with Gasteiger partial charge in [0, 0.05) is 10.8 Å². The van der Waals surface area contributed by atoms with Crippen molar-refractivity contribution in [3.63, 3.8) is 0 Å². The fourth-order valence-electron chi connectivity index (χ4n) is 1.84. The minimum Gasteiger partial charge on any atom is -0.200 e. The van der Waals surface area contributed by atoms with Crippen LogP contribution in [0.2, 0.25) is 0 Å². The first kappa shape index (κ1) is 11.9. The number of sulfonamides is 1. The summed E-state index contributed by atoms with van der Waals surface area (Å²) in [5.41, 5.74) is 1.01. The Labute approximate surface area is 111 Å². The predicted octanol–water partition coefficient (Wildman–Crippen LogP) is 1.82. The summed E-state index contributed by atoms with van der Waals surface area (Å²) in [6.07, 6.45) is 0. The van der Waals surface area contributed by atoms with Crippen LogP contribution in [0.15, 0.2) is 58.5 Å². The summed E-state index contributed by atoms with van der Waals surface area (Å²) in [5, 5.41) is 6.65. The normalized spacial score (nSPS) is 11.8. The Kier molecular flexibility index (Phi) is 2.64. The monoisotopic (exact) mass is 272 g/mol. The third-order valence-electron chi connectivity index (χ3n) is 2.98. The Morgan fingerprint density at radius 3 is 2.11 bits per heavy atom. The van der Waals surface area contributed by atoms with Crippen LogP contribution in [0.5, 0.6) is 0 Å². The highest BCUT2D eigenvalue weighted by Gasteiger charge is 2.14. The lowest BCUT2D eigenvalue weighted by atomic mass is 10.2. The van der Waals surface area contributed by atoms with E-state index in [-0.39, 0.29) is 4.90 Å². The zero-order chi connectivity index (χ0) is 13.5. The molecule has 0 spiro atoms. The molecule has 0 saturated carbocycles. The Morgan fingerprint density at radius 2 is 1.53 bits per heavy atom. The van der Waals surface area contributed by atoms with E-state index in [1.165, 1.54) is 0 Å². The molecule has 0 unspecified atom stereocenters. The van der Waals surface area contributed by atoms with E-state index in [1.807, 2.05) is 31.2 Å². The van der Waals surface area contributed by atoms with E-state index in [9.17, 15) is 8.42 Å². The molecule has 0 aromatic heterocycles. The Bertz CT molecular complexity index is 824. The van der Waals surface area contributed by atoms with Crippen molar-refractivity contribution in [2.75, 3.05) is 0 Å². The molecule has 0 saturated heterocycles. The summed E-state index contributed by atoms with van der Waals surface area (Å²) in [7, 11) is -3.59. The minimum absolute atomic E-state index is 0.215. The van der Waals surface area contributed by atoms with Crippen LogP contribution in [0, 0.1) is 6.92 Å². The topological polar surface area (TPSA) is 58.5 Å². The van der Waals surface area contributed by atoms with E-state index < -0.39 is 10.0 Å². The van der Waals surface area contributed by atoms with Gasteiger partial charge in [0.25, 0.3) is 10.0 Å². The Balaban J connectivity index is 1.89. The third-order valence-corrected chi connectivity index (χ3v) is 4.21. The molecule has 0 atom stereocenters. The van der Waals surface area contributed by atoms with Crippen LogP contribution in [-0.2, 0) is 10.0 Å². The molecule has 0 aliphatic carbocycles. The second kappa shape index (κ2) is 4.20. The van der Waals surface area contributed by atoms with Gasteiger partial charge in [-0.3, -0.25) is 0 Å². The largest absolute Gasteiger partial charge is 0.276 e. The van der Waals surface area contributed by atoms with Gasteiger partial charge < -0.3 is 0 Å². The highest BCUT2D eigenvalue weighted by atomic mass is 32.2. The van der Waals surface area contributed by atoms with Gasteiger partial charge in [0.2, 0.25) is 0 Å². The van der Waals surface area contributed by atoms with Gasteiger partial charge in [0.05, 0.1) is 10.3 Å². The van der Waals surface area contributed by atoms with Crippen molar-refractivity contribution in [1.82, 2.24) is 4.83 Å². The highest BCUT2D eigenvalue weighted by molar-refractivity contribution is 7.89. The maximum absolute atomic E-state index is 12.0. The van der Waals surface area contributed by atoms with Crippen molar-refractivity contribution in [1.29, 1.82) is 0 Å². The van der Waals surface area contributed by atoms with Gasteiger partial charge in [0.15, 0.2) is 0 Å². The van der Waals surface area contributed by atoms with Crippen molar-refractivity contribution in [2.45, 2.75) is 11.8 Å². The van der Waals surface area contributed by atoms with E-state index in [4.69, 9.17) is 0 Å². The lowest BCUT2D eigenvalue weighted by Gasteiger charge is -2.02. The molecule has 0 fully saturated rings. The molecule has 3 rings (SSSR count). The molecule has 3 aromatic carbocycles. The molecule has 96 valence electrons. The SMILES string of the molecule is Cc1ccc(S(=O)(=O)NN=c2c3ccccc23)cc1. The number of benzene rings is 2. The fraction of sp³-hybridized carbons (Fsp3) is 0.0714. The first-order chi connectivity index (χ1) is 9.08. The molecular formula is C14H12N2O2S. The quantitative estimate of drug-likeness (QED) is 0.739. The molecular weight excluding hydrogens is 260 g/mol. The van der Waals surface area contributed by atoms with Crippen molar-refractivity contribution in [2.24, 2.45) is 5.10 Å². The molecule has 0 aliphatic heterocycles. The Morgan fingerprint density at radius 1 is 0.947 bits per heavy atom. The smallest absolute Gasteiger partial charge is 0.200 e. The second-order valence-corrected chi connectivity index (χ2v) is 6.07.